The number of rotatable bonds is 4. The van der Waals surface area contributed by atoms with Gasteiger partial charge < -0.3 is 10.6 Å². The zero-order chi connectivity index (χ0) is 13.8. The molecule has 1 aliphatic carbocycles. The number of para-hydroxylation sites is 2. The molecule has 0 bridgehead atoms. The predicted octanol–water partition coefficient (Wildman–Crippen LogP) is 2.73. The molecule has 1 heterocycles. The third-order valence-electron chi connectivity index (χ3n) is 4.12. The Hall–Kier alpha value is -1.68. The fourth-order valence-corrected chi connectivity index (χ4v) is 3.10. The maximum atomic E-state index is 5.80. The van der Waals surface area contributed by atoms with Crippen LogP contribution >= 0.6 is 0 Å². The Kier molecular flexibility index (Phi) is 4.11. The number of nitrogens with zero attached hydrogens (tertiary/aromatic N) is 3. The second-order valence-corrected chi connectivity index (χ2v) is 5.49. The van der Waals surface area contributed by atoms with Crippen molar-refractivity contribution in [2.24, 2.45) is 5.73 Å². The first-order valence-corrected chi connectivity index (χ1v) is 7.57. The van der Waals surface area contributed by atoms with Gasteiger partial charge in [0, 0.05) is 19.1 Å². The van der Waals surface area contributed by atoms with E-state index in [1.54, 1.807) is 0 Å². The largest absolute Gasteiger partial charge is 0.351 e. The maximum Gasteiger partial charge on any atom is 0.148 e. The highest BCUT2D eigenvalue weighted by Crippen LogP contribution is 2.26. The summed E-state index contributed by atoms with van der Waals surface area (Å²) in [6.07, 6.45) is 8.37. The lowest BCUT2D eigenvalue weighted by atomic mass is 9.94. The summed E-state index contributed by atoms with van der Waals surface area (Å²) in [4.78, 5) is 11.7. The van der Waals surface area contributed by atoms with Crippen LogP contribution in [0.4, 0.5) is 5.82 Å². The zero-order valence-electron chi connectivity index (χ0n) is 11.8. The Labute approximate surface area is 120 Å². The SMILES string of the molecule is NCCN(c1cnc2ccccc2n1)C1CCCCC1. The Morgan fingerprint density at radius 3 is 2.60 bits per heavy atom. The van der Waals surface area contributed by atoms with Crippen molar-refractivity contribution in [3.8, 4) is 0 Å². The molecule has 1 aromatic carbocycles. The Morgan fingerprint density at radius 2 is 1.85 bits per heavy atom. The number of nitrogens with two attached hydrogens (primary N) is 1. The summed E-state index contributed by atoms with van der Waals surface area (Å²) < 4.78 is 0. The van der Waals surface area contributed by atoms with Crippen LogP contribution in [-0.4, -0.2) is 29.1 Å². The van der Waals surface area contributed by atoms with Crippen LogP contribution in [-0.2, 0) is 0 Å². The average Bonchev–Trinajstić information content (AvgIpc) is 2.53. The molecule has 0 unspecified atom stereocenters. The molecular weight excluding hydrogens is 248 g/mol. The van der Waals surface area contributed by atoms with E-state index in [4.69, 9.17) is 10.7 Å². The van der Waals surface area contributed by atoms with Crippen LogP contribution in [0.5, 0.6) is 0 Å². The molecular formula is C16H22N4. The van der Waals surface area contributed by atoms with E-state index >= 15 is 0 Å². The molecule has 0 radical (unpaired) electrons. The normalized spacial score (nSPS) is 16.4. The van der Waals surface area contributed by atoms with Crippen LogP contribution < -0.4 is 10.6 Å². The second-order valence-electron chi connectivity index (χ2n) is 5.49. The Morgan fingerprint density at radius 1 is 1.10 bits per heavy atom. The number of benzene rings is 1. The highest BCUT2D eigenvalue weighted by molar-refractivity contribution is 5.75. The van der Waals surface area contributed by atoms with Gasteiger partial charge in [-0.15, -0.1) is 0 Å². The number of anilines is 1. The lowest BCUT2D eigenvalue weighted by Gasteiger charge is -2.35. The van der Waals surface area contributed by atoms with Crippen molar-refractivity contribution < 1.29 is 0 Å². The lowest BCUT2D eigenvalue weighted by molar-refractivity contribution is 0.414. The summed E-state index contributed by atoms with van der Waals surface area (Å²) >= 11 is 0. The summed E-state index contributed by atoms with van der Waals surface area (Å²) in [5, 5.41) is 0. The molecule has 1 aromatic heterocycles. The van der Waals surface area contributed by atoms with Gasteiger partial charge in [-0.05, 0) is 25.0 Å². The fourth-order valence-electron chi connectivity index (χ4n) is 3.10. The molecule has 106 valence electrons. The number of hydrogen-bond acceptors (Lipinski definition) is 4. The van der Waals surface area contributed by atoms with E-state index in [2.05, 4.69) is 9.88 Å². The summed E-state index contributed by atoms with van der Waals surface area (Å²) in [5.74, 6) is 0.973. The topological polar surface area (TPSA) is 55.0 Å². The minimum Gasteiger partial charge on any atom is -0.351 e. The number of hydrogen-bond donors (Lipinski definition) is 1. The third-order valence-corrected chi connectivity index (χ3v) is 4.12. The third kappa shape index (κ3) is 2.75. The van der Waals surface area contributed by atoms with E-state index in [-0.39, 0.29) is 0 Å². The molecule has 20 heavy (non-hydrogen) atoms. The summed E-state index contributed by atoms with van der Waals surface area (Å²) in [6.45, 7) is 1.52. The van der Waals surface area contributed by atoms with Gasteiger partial charge in [-0.1, -0.05) is 31.4 Å². The predicted molar refractivity (Wildman–Crippen MR) is 82.8 cm³/mol. The fraction of sp³-hybridized carbons (Fsp3) is 0.500. The molecule has 1 saturated carbocycles. The molecule has 3 rings (SSSR count). The molecule has 2 N–H and O–H groups in total. The Bertz CT molecular complexity index is 563. The molecule has 0 atom stereocenters. The standard InChI is InChI=1S/C16H22N4/c17-10-11-20(13-6-2-1-3-7-13)16-12-18-14-8-4-5-9-15(14)19-16/h4-5,8-9,12-13H,1-3,6-7,10-11,17H2. The van der Waals surface area contributed by atoms with E-state index in [9.17, 15) is 0 Å². The Balaban J connectivity index is 1.91. The lowest BCUT2D eigenvalue weighted by Crippen LogP contribution is -2.40. The molecule has 0 spiro atoms. The van der Waals surface area contributed by atoms with E-state index in [0.717, 1.165) is 23.4 Å². The summed E-state index contributed by atoms with van der Waals surface area (Å²) in [5.41, 5.74) is 7.71. The first kappa shape index (κ1) is 13.3. The van der Waals surface area contributed by atoms with Crippen molar-refractivity contribution in [2.45, 2.75) is 38.1 Å². The molecule has 4 nitrogen and oxygen atoms in total. The van der Waals surface area contributed by atoms with Gasteiger partial charge in [-0.25, -0.2) is 4.98 Å². The minimum atomic E-state index is 0.572. The van der Waals surface area contributed by atoms with Crippen molar-refractivity contribution in [2.75, 3.05) is 18.0 Å². The summed E-state index contributed by atoms with van der Waals surface area (Å²) in [6, 6.07) is 8.60. The van der Waals surface area contributed by atoms with Gasteiger partial charge in [0.15, 0.2) is 0 Å². The minimum absolute atomic E-state index is 0.572. The maximum absolute atomic E-state index is 5.80. The van der Waals surface area contributed by atoms with Gasteiger partial charge >= 0.3 is 0 Å². The molecule has 4 heteroatoms. The smallest absolute Gasteiger partial charge is 0.148 e. The molecule has 2 aromatic rings. The molecule has 1 fully saturated rings. The zero-order valence-corrected chi connectivity index (χ0v) is 11.8. The van der Waals surface area contributed by atoms with Crippen LogP contribution in [0.15, 0.2) is 30.5 Å². The molecule has 0 saturated heterocycles. The van der Waals surface area contributed by atoms with Gasteiger partial charge in [0.1, 0.15) is 5.82 Å². The van der Waals surface area contributed by atoms with Crippen LogP contribution in [0.2, 0.25) is 0 Å². The monoisotopic (exact) mass is 270 g/mol. The van der Waals surface area contributed by atoms with Crippen molar-refractivity contribution in [3.63, 3.8) is 0 Å². The number of fused-ring (bicyclic) bond motifs is 1. The highest BCUT2D eigenvalue weighted by atomic mass is 15.2. The van der Waals surface area contributed by atoms with Crippen LogP contribution in [0.1, 0.15) is 32.1 Å². The van der Waals surface area contributed by atoms with Crippen molar-refractivity contribution in [3.05, 3.63) is 30.5 Å². The van der Waals surface area contributed by atoms with E-state index < -0.39 is 0 Å². The van der Waals surface area contributed by atoms with Crippen molar-refractivity contribution >= 4 is 16.9 Å². The summed E-state index contributed by atoms with van der Waals surface area (Å²) in [7, 11) is 0. The van der Waals surface area contributed by atoms with Gasteiger partial charge in [0.25, 0.3) is 0 Å². The van der Waals surface area contributed by atoms with Crippen molar-refractivity contribution in [1.29, 1.82) is 0 Å². The molecule has 0 aliphatic heterocycles. The molecule has 1 aliphatic rings. The van der Waals surface area contributed by atoms with Crippen LogP contribution in [0.3, 0.4) is 0 Å². The quantitative estimate of drug-likeness (QED) is 0.928. The van der Waals surface area contributed by atoms with Gasteiger partial charge in [-0.2, -0.15) is 0 Å². The average molecular weight is 270 g/mol. The van der Waals surface area contributed by atoms with Crippen molar-refractivity contribution in [1.82, 2.24) is 9.97 Å². The van der Waals surface area contributed by atoms with E-state index in [0.29, 0.717) is 12.6 Å². The molecule has 0 amide bonds. The van der Waals surface area contributed by atoms with Gasteiger partial charge in [0.2, 0.25) is 0 Å². The number of aromatic nitrogens is 2. The van der Waals surface area contributed by atoms with Gasteiger partial charge in [0.05, 0.1) is 17.2 Å². The first-order chi connectivity index (χ1) is 9.88. The second kappa shape index (κ2) is 6.18. The van der Waals surface area contributed by atoms with Crippen LogP contribution in [0, 0.1) is 0 Å². The van der Waals surface area contributed by atoms with Gasteiger partial charge in [-0.3, -0.25) is 4.98 Å². The van der Waals surface area contributed by atoms with Crippen LogP contribution in [0.25, 0.3) is 11.0 Å². The first-order valence-electron chi connectivity index (χ1n) is 7.57. The van der Waals surface area contributed by atoms with E-state index in [1.165, 1.54) is 32.1 Å². The highest BCUT2D eigenvalue weighted by Gasteiger charge is 2.22. The van der Waals surface area contributed by atoms with E-state index in [1.807, 2.05) is 30.5 Å².